The number of hydrogen-bond acceptors (Lipinski definition) is 3. The quantitative estimate of drug-likeness (QED) is 0.765. The lowest BCUT2D eigenvalue weighted by atomic mass is 10.1. The Kier molecular flexibility index (Phi) is 2.78. The molecule has 0 saturated heterocycles. The van der Waals surface area contributed by atoms with E-state index in [9.17, 15) is 4.79 Å². The van der Waals surface area contributed by atoms with Gasteiger partial charge in [-0.05, 0) is 32.0 Å². The van der Waals surface area contributed by atoms with Gasteiger partial charge in [0.1, 0.15) is 11.5 Å². The molecule has 3 rings (SSSR count). The number of carboxylic acids is 1. The summed E-state index contributed by atoms with van der Waals surface area (Å²) >= 11 is 0. The van der Waals surface area contributed by atoms with Crippen molar-refractivity contribution in [3.63, 3.8) is 0 Å². The van der Waals surface area contributed by atoms with E-state index in [1.807, 2.05) is 25.1 Å². The second-order valence-corrected chi connectivity index (χ2v) is 4.58. The minimum atomic E-state index is -1.02. The monoisotopic (exact) mass is 270 g/mol. The highest BCUT2D eigenvalue weighted by atomic mass is 16.4. The molecule has 0 aliphatic carbocycles. The fourth-order valence-electron chi connectivity index (χ4n) is 2.39. The second kappa shape index (κ2) is 4.48. The zero-order chi connectivity index (χ0) is 14.3. The second-order valence-electron chi connectivity index (χ2n) is 4.58. The fourth-order valence-corrected chi connectivity index (χ4v) is 2.39. The maximum absolute atomic E-state index is 10.9. The standard InChI is InChI=1S/C14H14N4O2/c1-3-18-8(2)15-11-6-9(4-5-13(11)18)10-7-12(14(19)20)17-16-10/h4-7H,3H2,1-2H3,(H,16,17)(H,19,20). The van der Waals surface area contributed by atoms with Crippen LogP contribution in [0.3, 0.4) is 0 Å². The SMILES string of the molecule is CCn1c(C)nc2cc(-c3cc(C(=O)O)[nH]n3)ccc21. The average Bonchev–Trinajstić information content (AvgIpc) is 3.00. The van der Waals surface area contributed by atoms with Gasteiger partial charge in [-0.25, -0.2) is 9.78 Å². The van der Waals surface area contributed by atoms with Crippen molar-refractivity contribution < 1.29 is 9.90 Å². The molecule has 0 fully saturated rings. The lowest BCUT2D eigenvalue weighted by molar-refractivity contribution is 0.0690. The summed E-state index contributed by atoms with van der Waals surface area (Å²) in [5, 5.41) is 15.4. The fraction of sp³-hybridized carbons (Fsp3) is 0.214. The number of benzene rings is 1. The highest BCUT2D eigenvalue weighted by molar-refractivity contribution is 5.88. The number of H-pyrrole nitrogens is 1. The van der Waals surface area contributed by atoms with Gasteiger partial charge in [-0.1, -0.05) is 6.07 Å². The highest BCUT2D eigenvalue weighted by Crippen LogP contribution is 2.24. The van der Waals surface area contributed by atoms with Gasteiger partial charge in [0, 0.05) is 12.1 Å². The van der Waals surface area contributed by atoms with Crippen molar-refractivity contribution in [2.24, 2.45) is 0 Å². The van der Waals surface area contributed by atoms with Crippen LogP contribution in [0.25, 0.3) is 22.3 Å². The van der Waals surface area contributed by atoms with E-state index in [-0.39, 0.29) is 5.69 Å². The van der Waals surface area contributed by atoms with E-state index in [0.29, 0.717) is 5.69 Å². The van der Waals surface area contributed by atoms with E-state index in [0.717, 1.165) is 29.0 Å². The van der Waals surface area contributed by atoms with Gasteiger partial charge in [-0.3, -0.25) is 5.10 Å². The van der Waals surface area contributed by atoms with Gasteiger partial charge in [0.05, 0.1) is 16.7 Å². The van der Waals surface area contributed by atoms with Crippen LogP contribution in [0.4, 0.5) is 0 Å². The number of hydrogen-bond donors (Lipinski definition) is 2. The third kappa shape index (κ3) is 1.85. The Bertz CT molecular complexity index is 801. The number of imidazole rings is 1. The number of nitrogens with zero attached hydrogens (tertiary/aromatic N) is 3. The summed E-state index contributed by atoms with van der Waals surface area (Å²) in [6.07, 6.45) is 0. The molecule has 0 amide bonds. The Hall–Kier alpha value is -2.63. The van der Waals surface area contributed by atoms with Gasteiger partial charge in [0.15, 0.2) is 0 Å². The van der Waals surface area contributed by atoms with Crippen LogP contribution in [0.15, 0.2) is 24.3 Å². The molecule has 20 heavy (non-hydrogen) atoms. The molecule has 0 unspecified atom stereocenters. The first-order valence-electron chi connectivity index (χ1n) is 6.36. The molecule has 0 saturated carbocycles. The van der Waals surface area contributed by atoms with Crippen molar-refractivity contribution in [3.8, 4) is 11.3 Å². The number of aromatic nitrogens is 4. The van der Waals surface area contributed by atoms with E-state index in [2.05, 4.69) is 26.7 Å². The van der Waals surface area contributed by atoms with E-state index < -0.39 is 5.97 Å². The first-order valence-corrected chi connectivity index (χ1v) is 6.36. The minimum absolute atomic E-state index is 0.0790. The van der Waals surface area contributed by atoms with Crippen molar-refractivity contribution >= 4 is 17.0 Å². The van der Waals surface area contributed by atoms with Crippen LogP contribution in [0.5, 0.6) is 0 Å². The molecule has 0 aliphatic rings. The Morgan fingerprint density at radius 3 is 2.85 bits per heavy atom. The van der Waals surface area contributed by atoms with Gasteiger partial charge in [-0.15, -0.1) is 0 Å². The Balaban J connectivity index is 2.10. The molecule has 6 nitrogen and oxygen atoms in total. The molecule has 0 aliphatic heterocycles. The molecule has 0 bridgehead atoms. The molecular formula is C14H14N4O2. The summed E-state index contributed by atoms with van der Waals surface area (Å²) in [5.74, 6) is -0.0520. The zero-order valence-corrected chi connectivity index (χ0v) is 11.2. The molecule has 0 radical (unpaired) electrons. The molecule has 102 valence electrons. The number of fused-ring (bicyclic) bond motifs is 1. The molecule has 6 heteroatoms. The summed E-state index contributed by atoms with van der Waals surface area (Å²) < 4.78 is 2.13. The predicted octanol–water partition coefficient (Wildman–Crippen LogP) is 2.45. The van der Waals surface area contributed by atoms with Gasteiger partial charge >= 0.3 is 5.97 Å². The van der Waals surface area contributed by atoms with Gasteiger partial charge in [0.2, 0.25) is 0 Å². The summed E-state index contributed by atoms with van der Waals surface area (Å²) in [6, 6.07) is 7.37. The van der Waals surface area contributed by atoms with Crippen LogP contribution in [0, 0.1) is 6.92 Å². The van der Waals surface area contributed by atoms with Crippen LogP contribution >= 0.6 is 0 Å². The predicted molar refractivity (Wildman–Crippen MR) is 74.7 cm³/mol. The number of aromatic carboxylic acids is 1. The molecule has 3 aromatic rings. The molecule has 1 aromatic carbocycles. The third-order valence-corrected chi connectivity index (χ3v) is 3.36. The number of aryl methyl sites for hydroxylation is 2. The maximum Gasteiger partial charge on any atom is 0.353 e. The number of aromatic amines is 1. The van der Waals surface area contributed by atoms with Gasteiger partial charge in [-0.2, -0.15) is 5.10 Å². The maximum atomic E-state index is 10.9. The first-order chi connectivity index (χ1) is 9.60. The number of nitrogens with one attached hydrogen (secondary N) is 1. The lowest BCUT2D eigenvalue weighted by Crippen LogP contribution is -1.95. The highest BCUT2D eigenvalue weighted by Gasteiger charge is 2.11. The molecule has 2 aromatic heterocycles. The van der Waals surface area contributed by atoms with Crippen LogP contribution in [0.1, 0.15) is 23.2 Å². The van der Waals surface area contributed by atoms with Crippen molar-refractivity contribution in [1.29, 1.82) is 0 Å². The minimum Gasteiger partial charge on any atom is -0.477 e. The van der Waals surface area contributed by atoms with Crippen molar-refractivity contribution in [3.05, 3.63) is 35.8 Å². The Morgan fingerprint density at radius 2 is 2.20 bits per heavy atom. The summed E-state index contributed by atoms with van der Waals surface area (Å²) in [4.78, 5) is 15.4. The van der Waals surface area contributed by atoms with Crippen molar-refractivity contribution in [2.45, 2.75) is 20.4 Å². The van der Waals surface area contributed by atoms with Gasteiger partial charge < -0.3 is 9.67 Å². The van der Waals surface area contributed by atoms with Crippen LogP contribution < -0.4 is 0 Å². The van der Waals surface area contributed by atoms with Crippen LogP contribution in [-0.2, 0) is 6.54 Å². The first kappa shape index (κ1) is 12.4. The number of rotatable bonds is 3. The third-order valence-electron chi connectivity index (χ3n) is 3.36. The summed E-state index contributed by atoms with van der Waals surface area (Å²) in [6.45, 7) is 4.92. The molecule has 0 spiro atoms. The largest absolute Gasteiger partial charge is 0.477 e. The molecule has 0 atom stereocenters. The van der Waals surface area contributed by atoms with Crippen LogP contribution in [-0.4, -0.2) is 30.8 Å². The van der Waals surface area contributed by atoms with Crippen LogP contribution in [0.2, 0.25) is 0 Å². The Morgan fingerprint density at radius 1 is 1.40 bits per heavy atom. The lowest BCUT2D eigenvalue weighted by Gasteiger charge is -2.02. The average molecular weight is 270 g/mol. The normalized spacial score (nSPS) is 11.1. The summed E-state index contributed by atoms with van der Waals surface area (Å²) in [5.41, 5.74) is 3.50. The van der Waals surface area contributed by atoms with E-state index >= 15 is 0 Å². The zero-order valence-electron chi connectivity index (χ0n) is 11.2. The van der Waals surface area contributed by atoms with Gasteiger partial charge in [0.25, 0.3) is 0 Å². The van der Waals surface area contributed by atoms with E-state index in [1.54, 1.807) is 0 Å². The Labute approximate surface area is 115 Å². The smallest absolute Gasteiger partial charge is 0.353 e. The van der Waals surface area contributed by atoms with E-state index in [1.165, 1.54) is 6.07 Å². The summed E-state index contributed by atoms with van der Waals surface area (Å²) in [7, 11) is 0. The molecule has 2 N–H and O–H groups in total. The number of carbonyl (C=O) groups is 1. The molecule has 2 heterocycles. The topological polar surface area (TPSA) is 83.8 Å². The number of carboxylic acid groups (broad SMARTS) is 1. The van der Waals surface area contributed by atoms with E-state index in [4.69, 9.17) is 5.11 Å². The van der Waals surface area contributed by atoms with Crippen molar-refractivity contribution in [2.75, 3.05) is 0 Å². The van der Waals surface area contributed by atoms with Crippen molar-refractivity contribution in [1.82, 2.24) is 19.7 Å². The molecular weight excluding hydrogens is 256 g/mol.